The predicted molar refractivity (Wildman–Crippen MR) is 69.6 cm³/mol. The van der Waals surface area contributed by atoms with Gasteiger partial charge in [-0.3, -0.25) is 4.79 Å². The third-order valence-corrected chi connectivity index (χ3v) is 4.22. The first kappa shape index (κ1) is 16.1. The maximum Gasteiger partial charge on any atom is 0.408 e. The summed E-state index contributed by atoms with van der Waals surface area (Å²) in [5.41, 5.74) is 0. The number of carbonyl (C=O) groups excluding carboxylic acids is 1. The molecule has 0 aliphatic carbocycles. The molecule has 0 bridgehead atoms. The van der Waals surface area contributed by atoms with Gasteiger partial charge in [-0.25, -0.2) is 4.68 Å². The third kappa shape index (κ3) is 4.58. The molecule has 1 atom stereocenters. The van der Waals surface area contributed by atoms with Crippen LogP contribution in [0.15, 0.2) is 5.16 Å². The van der Waals surface area contributed by atoms with Crippen molar-refractivity contribution in [3.05, 3.63) is 0 Å². The molecule has 118 valence electrons. The highest BCUT2D eigenvalue weighted by Crippen LogP contribution is 2.23. The molecule has 6 nitrogen and oxygen atoms in total. The lowest BCUT2D eigenvalue weighted by atomic mass is 10.0. The van der Waals surface area contributed by atoms with Gasteiger partial charge in [0.2, 0.25) is 11.1 Å². The van der Waals surface area contributed by atoms with Crippen molar-refractivity contribution in [1.29, 1.82) is 0 Å². The average Bonchev–Trinajstić information content (AvgIpc) is 2.81. The van der Waals surface area contributed by atoms with E-state index in [0.29, 0.717) is 11.2 Å². The number of amides is 1. The van der Waals surface area contributed by atoms with Crippen molar-refractivity contribution >= 4 is 17.7 Å². The standard InChI is InChI=1S/C11H16F3N5OS/c1-8-4-2-3-5-18(8)9(20)6-21-10-15-16-17-19(10)7-11(12,13)14/h8H,2-7H2,1H3. The Morgan fingerprint density at radius 2 is 2.19 bits per heavy atom. The van der Waals surface area contributed by atoms with Crippen molar-refractivity contribution < 1.29 is 18.0 Å². The van der Waals surface area contributed by atoms with Crippen LogP contribution in [0.1, 0.15) is 26.2 Å². The summed E-state index contributed by atoms with van der Waals surface area (Å²) in [7, 11) is 0. The molecule has 21 heavy (non-hydrogen) atoms. The molecule has 2 heterocycles. The van der Waals surface area contributed by atoms with Crippen molar-refractivity contribution in [2.75, 3.05) is 12.3 Å². The molecule has 1 aromatic rings. The molecule has 1 unspecified atom stereocenters. The number of aromatic nitrogens is 4. The Balaban J connectivity index is 1.91. The van der Waals surface area contributed by atoms with E-state index in [2.05, 4.69) is 15.5 Å². The summed E-state index contributed by atoms with van der Waals surface area (Å²) in [5.74, 6) is -0.0449. The first-order valence-corrected chi connectivity index (χ1v) is 7.60. The van der Waals surface area contributed by atoms with Crippen LogP contribution in [0.2, 0.25) is 0 Å². The Bertz CT molecular complexity index is 492. The molecule has 1 fully saturated rings. The molecule has 1 amide bonds. The maximum absolute atomic E-state index is 12.3. The topological polar surface area (TPSA) is 63.9 Å². The molecule has 10 heteroatoms. The molecule has 1 aliphatic heterocycles. The fourth-order valence-corrected chi connectivity index (χ4v) is 3.01. The fraction of sp³-hybridized carbons (Fsp3) is 0.818. The minimum Gasteiger partial charge on any atom is -0.339 e. The van der Waals surface area contributed by atoms with Gasteiger partial charge in [-0.05, 0) is 36.6 Å². The Labute approximate surface area is 124 Å². The number of hydrogen-bond acceptors (Lipinski definition) is 5. The number of tetrazole rings is 1. The first-order chi connectivity index (χ1) is 9.87. The van der Waals surface area contributed by atoms with E-state index < -0.39 is 12.7 Å². The maximum atomic E-state index is 12.3. The van der Waals surface area contributed by atoms with Crippen LogP contribution in [0.5, 0.6) is 0 Å². The molecule has 0 saturated carbocycles. The van der Waals surface area contributed by atoms with E-state index >= 15 is 0 Å². The van der Waals surface area contributed by atoms with E-state index in [1.807, 2.05) is 6.92 Å². The number of nitrogens with zero attached hydrogens (tertiary/aromatic N) is 5. The highest BCUT2D eigenvalue weighted by Gasteiger charge is 2.30. The second-order valence-corrected chi connectivity index (χ2v) is 5.90. The normalized spacial score (nSPS) is 19.8. The van der Waals surface area contributed by atoms with Gasteiger partial charge in [0.1, 0.15) is 6.54 Å². The zero-order valence-corrected chi connectivity index (χ0v) is 12.3. The van der Waals surface area contributed by atoms with E-state index in [0.717, 1.165) is 31.0 Å². The quantitative estimate of drug-likeness (QED) is 0.790. The number of hydrogen-bond donors (Lipinski definition) is 0. The van der Waals surface area contributed by atoms with Crippen LogP contribution in [-0.4, -0.2) is 55.5 Å². The lowest BCUT2D eigenvalue weighted by Crippen LogP contribution is -2.43. The van der Waals surface area contributed by atoms with E-state index in [1.165, 1.54) is 0 Å². The van der Waals surface area contributed by atoms with Crippen LogP contribution < -0.4 is 0 Å². The number of piperidine rings is 1. The molecule has 2 rings (SSSR count). The minimum atomic E-state index is -4.39. The minimum absolute atomic E-state index is 0.00494. The largest absolute Gasteiger partial charge is 0.408 e. The molecule has 0 radical (unpaired) electrons. The summed E-state index contributed by atoms with van der Waals surface area (Å²) in [4.78, 5) is 13.9. The monoisotopic (exact) mass is 323 g/mol. The van der Waals surface area contributed by atoms with Gasteiger partial charge in [0.05, 0.1) is 5.75 Å². The number of alkyl halides is 3. The molecular weight excluding hydrogens is 307 g/mol. The summed E-state index contributed by atoms with van der Waals surface area (Å²) < 4.78 is 37.7. The van der Waals surface area contributed by atoms with Crippen LogP contribution >= 0.6 is 11.8 Å². The van der Waals surface area contributed by atoms with Gasteiger partial charge in [-0.15, -0.1) is 5.10 Å². The van der Waals surface area contributed by atoms with Crippen molar-refractivity contribution in [3.63, 3.8) is 0 Å². The fourth-order valence-electron chi connectivity index (χ4n) is 2.25. The Morgan fingerprint density at radius 3 is 2.86 bits per heavy atom. The van der Waals surface area contributed by atoms with E-state index in [9.17, 15) is 18.0 Å². The van der Waals surface area contributed by atoms with E-state index in [4.69, 9.17) is 0 Å². The van der Waals surface area contributed by atoms with Crippen molar-refractivity contribution in [2.24, 2.45) is 0 Å². The van der Waals surface area contributed by atoms with Crippen LogP contribution in [0.25, 0.3) is 0 Å². The zero-order chi connectivity index (χ0) is 15.5. The van der Waals surface area contributed by atoms with Crippen LogP contribution in [0.3, 0.4) is 0 Å². The van der Waals surface area contributed by atoms with Gasteiger partial charge in [0.15, 0.2) is 0 Å². The second kappa shape index (κ2) is 6.63. The average molecular weight is 323 g/mol. The Morgan fingerprint density at radius 1 is 1.43 bits per heavy atom. The first-order valence-electron chi connectivity index (χ1n) is 6.62. The Hall–Kier alpha value is -1.32. The third-order valence-electron chi connectivity index (χ3n) is 3.28. The predicted octanol–water partition coefficient (Wildman–Crippen LogP) is 1.73. The summed E-state index contributed by atoms with van der Waals surface area (Å²) in [6.45, 7) is 1.43. The van der Waals surface area contributed by atoms with Crippen LogP contribution in [0.4, 0.5) is 13.2 Å². The number of thioether (sulfide) groups is 1. The van der Waals surface area contributed by atoms with Crippen molar-refractivity contribution in [3.8, 4) is 0 Å². The number of rotatable bonds is 4. The molecule has 1 aromatic heterocycles. The molecule has 0 N–H and O–H groups in total. The summed E-state index contributed by atoms with van der Waals surface area (Å²) in [6.07, 6.45) is -1.37. The summed E-state index contributed by atoms with van der Waals surface area (Å²) >= 11 is 0.934. The highest BCUT2D eigenvalue weighted by molar-refractivity contribution is 7.99. The summed E-state index contributed by atoms with van der Waals surface area (Å²) in [5, 5.41) is 10.1. The number of carbonyl (C=O) groups is 1. The van der Waals surface area contributed by atoms with E-state index in [1.54, 1.807) is 4.90 Å². The Kier molecular flexibility index (Phi) is 5.07. The van der Waals surface area contributed by atoms with Crippen LogP contribution in [-0.2, 0) is 11.3 Å². The lowest BCUT2D eigenvalue weighted by molar-refractivity contribution is -0.144. The summed E-state index contributed by atoms with van der Waals surface area (Å²) in [6, 6.07) is 0.179. The van der Waals surface area contributed by atoms with E-state index in [-0.39, 0.29) is 22.9 Å². The van der Waals surface area contributed by atoms with Gasteiger partial charge in [0, 0.05) is 12.6 Å². The second-order valence-electron chi connectivity index (χ2n) is 4.95. The zero-order valence-electron chi connectivity index (χ0n) is 11.5. The van der Waals surface area contributed by atoms with Gasteiger partial charge in [-0.2, -0.15) is 13.2 Å². The van der Waals surface area contributed by atoms with Gasteiger partial charge >= 0.3 is 6.18 Å². The molecule has 1 saturated heterocycles. The molecule has 0 aromatic carbocycles. The SMILES string of the molecule is CC1CCCCN1C(=O)CSc1nnnn1CC(F)(F)F. The van der Waals surface area contributed by atoms with Crippen molar-refractivity contribution in [1.82, 2.24) is 25.1 Å². The van der Waals surface area contributed by atoms with Crippen molar-refractivity contribution in [2.45, 2.75) is 50.1 Å². The number of likely N-dealkylation sites (tertiary alicyclic amines) is 1. The smallest absolute Gasteiger partial charge is 0.339 e. The molecule has 1 aliphatic rings. The molecular formula is C11H16F3N5OS. The van der Waals surface area contributed by atoms with Gasteiger partial charge in [0.25, 0.3) is 0 Å². The highest BCUT2D eigenvalue weighted by atomic mass is 32.2. The van der Waals surface area contributed by atoms with Crippen LogP contribution in [0, 0.1) is 0 Å². The molecule has 0 spiro atoms. The lowest BCUT2D eigenvalue weighted by Gasteiger charge is -2.33. The van der Waals surface area contributed by atoms with Gasteiger partial charge in [-0.1, -0.05) is 11.8 Å². The number of halogens is 3. The van der Waals surface area contributed by atoms with Gasteiger partial charge < -0.3 is 4.90 Å².